The van der Waals surface area contributed by atoms with Crippen LogP contribution < -0.4 is 20.5 Å². The van der Waals surface area contributed by atoms with E-state index in [1.54, 1.807) is 6.92 Å². The van der Waals surface area contributed by atoms with Crippen molar-refractivity contribution in [3.05, 3.63) is 78.0 Å². The number of sulfonamides is 1. The lowest BCUT2D eigenvalue weighted by Crippen LogP contribution is -2.27. The van der Waals surface area contributed by atoms with Crippen molar-refractivity contribution in [3.8, 4) is 17.0 Å². The third-order valence-corrected chi connectivity index (χ3v) is 6.59. The van der Waals surface area contributed by atoms with Crippen molar-refractivity contribution in [2.45, 2.75) is 19.2 Å². The number of nitrogens with zero attached hydrogens (tertiary/aromatic N) is 3. The topological polar surface area (TPSA) is 165 Å². The van der Waals surface area contributed by atoms with Gasteiger partial charge in [0.1, 0.15) is 40.6 Å². The summed E-state index contributed by atoms with van der Waals surface area (Å²) in [5.74, 6) is -3.23. The number of aromatic amines is 1. The number of carbonyl (C=O) groups is 1. The van der Waals surface area contributed by atoms with Gasteiger partial charge in [0, 0.05) is 24.0 Å². The molecule has 11 nitrogen and oxygen atoms in total. The maximum Gasteiger partial charge on any atom is 0.404 e. The van der Waals surface area contributed by atoms with Crippen LogP contribution >= 0.6 is 0 Å². The standard InChI is InChI=1S/C24H21F4N7O4S/c1-13(14-2-4-15(25)5-3-14)39-18-10-16(35-40(37,38)12-24(26,27)28)6-7-17(18)21-20(22(29)36)23(34-33-21)32-19-11-30-8-9-31-19/h2-11,13,35H,12H2,1H3,(H2,29,36)(H2,31,32,33,34)/t13-/m0/s1. The summed E-state index contributed by atoms with van der Waals surface area (Å²) in [6.07, 6.45) is -1.50. The van der Waals surface area contributed by atoms with Gasteiger partial charge in [-0.25, -0.2) is 17.8 Å². The SMILES string of the molecule is C[C@H](Oc1cc(NS(=O)(=O)CC(F)(F)F)ccc1-c1n[nH]c(Nc2cnccn2)c1C(N)=O)c1ccc(F)cc1. The number of halogens is 4. The van der Waals surface area contributed by atoms with E-state index in [2.05, 4.69) is 25.5 Å². The fourth-order valence-electron chi connectivity index (χ4n) is 3.66. The van der Waals surface area contributed by atoms with Crippen molar-refractivity contribution >= 4 is 33.3 Å². The van der Waals surface area contributed by atoms with E-state index < -0.39 is 39.8 Å². The van der Waals surface area contributed by atoms with Crippen LogP contribution in [0.2, 0.25) is 0 Å². The summed E-state index contributed by atoms with van der Waals surface area (Å²) in [5.41, 5.74) is 5.93. The molecule has 4 aromatic rings. The van der Waals surface area contributed by atoms with Crippen LogP contribution in [0.4, 0.5) is 34.9 Å². The molecule has 0 spiro atoms. The first-order valence-corrected chi connectivity index (χ1v) is 13.0. The second-order valence-corrected chi connectivity index (χ2v) is 10.1. The fraction of sp³-hybridized carbons (Fsp3) is 0.167. The number of benzene rings is 2. The number of ether oxygens (including phenoxy) is 1. The van der Waals surface area contributed by atoms with Gasteiger partial charge in [-0.1, -0.05) is 12.1 Å². The second-order valence-electron chi connectivity index (χ2n) is 8.40. The first kappa shape index (κ1) is 28.3. The summed E-state index contributed by atoms with van der Waals surface area (Å²) in [7, 11) is -4.82. The number of alkyl halides is 3. The Morgan fingerprint density at radius 1 is 1.15 bits per heavy atom. The first-order valence-electron chi connectivity index (χ1n) is 11.4. The second kappa shape index (κ2) is 11.2. The molecule has 1 atom stereocenters. The molecule has 40 heavy (non-hydrogen) atoms. The Morgan fingerprint density at radius 3 is 2.50 bits per heavy atom. The smallest absolute Gasteiger partial charge is 0.404 e. The van der Waals surface area contributed by atoms with E-state index in [4.69, 9.17) is 10.5 Å². The van der Waals surface area contributed by atoms with Crippen molar-refractivity contribution in [2.75, 3.05) is 15.8 Å². The van der Waals surface area contributed by atoms with Gasteiger partial charge in [0.05, 0.1) is 11.9 Å². The molecule has 5 N–H and O–H groups in total. The van der Waals surface area contributed by atoms with Crippen molar-refractivity contribution in [2.24, 2.45) is 5.73 Å². The van der Waals surface area contributed by atoms with Crippen LogP contribution in [0.3, 0.4) is 0 Å². The zero-order valence-corrected chi connectivity index (χ0v) is 21.3. The highest BCUT2D eigenvalue weighted by atomic mass is 32.2. The Morgan fingerprint density at radius 2 is 1.88 bits per heavy atom. The summed E-state index contributed by atoms with van der Waals surface area (Å²) < 4.78 is 83.7. The Balaban J connectivity index is 1.77. The van der Waals surface area contributed by atoms with Crippen LogP contribution in [0.1, 0.15) is 28.9 Å². The molecule has 0 fully saturated rings. The van der Waals surface area contributed by atoms with Crippen molar-refractivity contribution < 1.29 is 35.5 Å². The summed E-state index contributed by atoms with van der Waals surface area (Å²) in [6.45, 7) is 1.61. The molecule has 0 aliphatic carbocycles. The summed E-state index contributed by atoms with van der Waals surface area (Å²) >= 11 is 0. The summed E-state index contributed by atoms with van der Waals surface area (Å²) in [4.78, 5) is 20.4. The van der Waals surface area contributed by atoms with Crippen LogP contribution in [0.25, 0.3) is 11.3 Å². The Bertz CT molecular complexity index is 1610. The maximum atomic E-state index is 13.4. The highest BCUT2D eigenvalue weighted by molar-refractivity contribution is 7.92. The van der Waals surface area contributed by atoms with E-state index in [1.807, 2.05) is 4.72 Å². The van der Waals surface area contributed by atoms with Gasteiger partial charge in [0.25, 0.3) is 5.91 Å². The molecular formula is C24H21F4N7O4S. The van der Waals surface area contributed by atoms with E-state index >= 15 is 0 Å². The molecule has 2 aromatic carbocycles. The van der Waals surface area contributed by atoms with E-state index in [9.17, 15) is 30.8 Å². The first-order chi connectivity index (χ1) is 18.8. The molecule has 0 aliphatic heterocycles. The molecule has 0 unspecified atom stereocenters. The molecular weight excluding hydrogens is 558 g/mol. The van der Waals surface area contributed by atoms with E-state index in [0.29, 0.717) is 5.56 Å². The van der Waals surface area contributed by atoms with Crippen LogP contribution in [0.5, 0.6) is 5.75 Å². The number of H-pyrrole nitrogens is 1. The molecule has 0 radical (unpaired) electrons. The van der Waals surface area contributed by atoms with Gasteiger partial charge in [0.2, 0.25) is 10.0 Å². The van der Waals surface area contributed by atoms with Gasteiger partial charge in [-0.05, 0) is 36.8 Å². The lowest BCUT2D eigenvalue weighted by atomic mass is 10.0. The molecule has 0 saturated heterocycles. The lowest BCUT2D eigenvalue weighted by Gasteiger charge is -2.19. The molecule has 210 valence electrons. The number of anilines is 3. The minimum absolute atomic E-state index is 0.00936. The minimum atomic E-state index is -4.97. The van der Waals surface area contributed by atoms with Crippen LogP contribution in [-0.2, 0) is 10.0 Å². The minimum Gasteiger partial charge on any atom is -0.485 e. The number of aromatic nitrogens is 4. The van der Waals surface area contributed by atoms with Crippen molar-refractivity contribution in [3.63, 3.8) is 0 Å². The average molecular weight is 580 g/mol. The van der Waals surface area contributed by atoms with E-state index in [0.717, 1.165) is 6.07 Å². The highest BCUT2D eigenvalue weighted by Crippen LogP contribution is 2.38. The summed E-state index contributed by atoms with van der Waals surface area (Å²) in [5, 5.41) is 9.62. The maximum absolute atomic E-state index is 13.4. The van der Waals surface area contributed by atoms with Gasteiger partial charge in [-0.2, -0.15) is 18.3 Å². The predicted octanol–water partition coefficient (Wildman–Crippen LogP) is 4.29. The van der Waals surface area contributed by atoms with Crippen LogP contribution in [-0.4, -0.2) is 46.4 Å². The van der Waals surface area contributed by atoms with Gasteiger partial charge >= 0.3 is 6.18 Å². The molecule has 0 saturated carbocycles. The zero-order valence-electron chi connectivity index (χ0n) is 20.5. The summed E-state index contributed by atoms with van der Waals surface area (Å²) in [6, 6.07) is 8.95. The fourth-order valence-corrected chi connectivity index (χ4v) is 4.65. The third-order valence-electron chi connectivity index (χ3n) is 5.34. The van der Waals surface area contributed by atoms with Gasteiger partial charge in [-0.15, -0.1) is 0 Å². The van der Waals surface area contributed by atoms with Gasteiger partial charge in [0.15, 0.2) is 5.75 Å². The van der Waals surface area contributed by atoms with Crippen LogP contribution in [0.15, 0.2) is 61.1 Å². The van der Waals surface area contributed by atoms with Crippen LogP contribution in [0, 0.1) is 5.82 Å². The number of carbonyl (C=O) groups excluding carboxylic acids is 1. The highest BCUT2D eigenvalue weighted by Gasteiger charge is 2.35. The van der Waals surface area contributed by atoms with Gasteiger partial charge in [-0.3, -0.25) is 19.6 Å². The number of amides is 1. The monoisotopic (exact) mass is 579 g/mol. The molecule has 1 amide bonds. The molecule has 16 heteroatoms. The molecule has 0 aliphatic rings. The zero-order chi connectivity index (χ0) is 29.1. The largest absolute Gasteiger partial charge is 0.485 e. The number of primary amides is 1. The number of nitrogens with one attached hydrogen (secondary N) is 3. The lowest BCUT2D eigenvalue weighted by molar-refractivity contribution is -0.106. The third kappa shape index (κ3) is 7.02. The Labute approximate surface area is 224 Å². The molecule has 2 aromatic heterocycles. The molecule has 4 rings (SSSR count). The molecule has 2 heterocycles. The number of hydrogen-bond donors (Lipinski definition) is 4. The van der Waals surface area contributed by atoms with E-state index in [1.165, 1.54) is 55.0 Å². The van der Waals surface area contributed by atoms with Crippen molar-refractivity contribution in [1.82, 2.24) is 20.2 Å². The number of nitrogens with two attached hydrogens (primary N) is 1. The predicted molar refractivity (Wildman–Crippen MR) is 137 cm³/mol. The van der Waals surface area contributed by atoms with Crippen molar-refractivity contribution in [1.29, 1.82) is 0 Å². The number of hydrogen-bond acceptors (Lipinski definition) is 8. The normalized spacial score (nSPS) is 12.5. The number of rotatable bonds is 10. The van der Waals surface area contributed by atoms with Gasteiger partial charge < -0.3 is 15.8 Å². The Hall–Kier alpha value is -4.73. The Kier molecular flexibility index (Phi) is 7.90. The molecule has 0 bridgehead atoms. The van der Waals surface area contributed by atoms with E-state index in [-0.39, 0.29) is 39.9 Å². The quantitative estimate of drug-likeness (QED) is 0.202. The average Bonchev–Trinajstić information content (AvgIpc) is 3.27.